The maximum Gasteiger partial charge on any atom is 0.268 e. The molecular formula is C16H15NO2S2. The second-order valence-corrected chi connectivity index (χ2v) is 7.47. The Labute approximate surface area is 132 Å². The highest BCUT2D eigenvalue weighted by Gasteiger charge is 2.32. The average Bonchev–Trinajstić information content (AvgIpc) is 2.94. The largest absolute Gasteiger partial charge is 0.289 e. The smallest absolute Gasteiger partial charge is 0.268 e. The third-order valence-electron chi connectivity index (χ3n) is 3.42. The zero-order valence-corrected chi connectivity index (χ0v) is 13.5. The van der Waals surface area contributed by atoms with E-state index in [1.54, 1.807) is 34.6 Å². The summed E-state index contributed by atoms with van der Waals surface area (Å²) < 4.78 is 0.865. The molecule has 1 fully saturated rings. The van der Waals surface area contributed by atoms with Crippen LogP contribution >= 0.6 is 23.5 Å². The van der Waals surface area contributed by atoms with Gasteiger partial charge in [-0.05, 0) is 25.5 Å². The van der Waals surface area contributed by atoms with Crippen LogP contribution in [0.2, 0.25) is 0 Å². The highest BCUT2D eigenvalue weighted by Crippen LogP contribution is 2.40. The molecule has 3 nitrogen and oxygen atoms in total. The molecule has 0 saturated carbocycles. The van der Waals surface area contributed by atoms with Crippen LogP contribution in [0.4, 0.5) is 5.69 Å². The van der Waals surface area contributed by atoms with Crippen LogP contribution in [0.1, 0.15) is 11.1 Å². The van der Waals surface area contributed by atoms with Gasteiger partial charge in [0.15, 0.2) is 5.78 Å². The minimum Gasteiger partial charge on any atom is -0.289 e. The fraction of sp³-hybridized carbons (Fsp3) is 0.250. The molecule has 0 aliphatic carbocycles. The molecule has 5 heteroatoms. The topological polar surface area (TPSA) is 37.4 Å². The molecule has 1 aromatic carbocycles. The van der Waals surface area contributed by atoms with Crippen LogP contribution in [0, 0.1) is 13.8 Å². The van der Waals surface area contributed by atoms with Gasteiger partial charge in [-0.1, -0.05) is 17.7 Å². The molecule has 2 aliphatic rings. The maximum atomic E-state index is 12.7. The first-order valence-corrected chi connectivity index (χ1v) is 8.68. The Hall–Kier alpha value is -1.46. The number of carbonyl (C=O) groups excluding carboxylic acids is 2. The van der Waals surface area contributed by atoms with Gasteiger partial charge >= 0.3 is 0 Å². The maximum absolute atomic E-state index is 12.7. The molecule has 108 valence electrons. The molecule has 0 bridgehead atoms. The number of amides is 1. The number of benzene rings is 1. The lowest BCUT2D eigenvalue weighted by Crippen LogP contribution is -2.34. The van der Waals surface area contributed by atoms with Crippen LogP contribution in [-0.4, -0.2) is 23.2 Å². The van der Waals surface area contributed by atoms with E-state index in [9.17, 15) is 9.59 Å². The summed E-state index contributed by atoms with van der Waals surface area (Å²) in [6.07, 6.45) is 3.07. The van der Waals surface area contributed by atoms with Gasteiger partial charge in [0.2, 0.25) is 0 Å². The Morgan fingerprint density at radius 3 is 2.48 bits per heavy atom. The number of thioether (sulfide) groups is 2. The van der Waals surface area contributed by atoms with Crippen LogP contribution < -0.4 is 4.90 Å². The number of rotatable bonds is 1. The predicted octanol–water partition coefficient (Wildman–Crippen LogP) is 3.42. The molecule has 2 heterocycles. The highest BCUT2D eigenvalue weighted by molar-refractivity contribution is 8.25. The third-order valence-corrected chi connectivity index (χ3v) is 6.13. The molecule has 21 heavy (non-hydrogen) atoms. The number of nitrogens with zero attached hydrogens (tertiary/aromatic N) is 1. The summed E-state index contributed by atoms with van der Waals surface area (Å²) >= 11 is 3.20. The monoisotopic (exact) mass is 317 g/mol. The van der Waals surface area contributed by atoms with Crippen molar-refractivity contribution in [2.75, 3.05) is 16.4 Å². The summed E-state index contributed by atoms with van der Waals surface area (Å²) in [5.41, 5.74) is 3.34. The minimum absolute atomic E-state index is 0.182. The third kappa shape index (κ3) is 2.68. The second-order valence-electron chi connectivity index (χ2n) is 5.00. The Kier molecular flexibility index (Phi) is 3.95. The van der Waals surface area contributed by atoms with Crippen molar-refractivity contribution in [3.63, 3.8) is 0 Å². The van der Waals surface area contributed by atoms with Gasteiger partial charge in [-0.3, -0.25) is 14.5 Å². The molecule has 1 saturated heterocycles. The molecule has 1 aromatic rings. The first-order valence-electron chi connectivity index (χ1n) is 6.71. The summed E-state index contributed by atoms with van der Waals surface area (Å²) in [6, 6.07) is 5.95. The van der Waals surface area contributed by atoms with Gasteiger partial charge in [0.25, 0.3) is 5.91 Å². The number of anilines is 1. The summed E-state index contributed by atoms with van der Waals surface area (Å²) in [5.74, 6) is 1.51. The first-order chi connectivity index (χ1) is 10.1. The average molecular weight is 317 g/mol. The fourth-order valence-corrected chi connectivity index (χ4v) is 4.96. The fourth-order valence-electron chi connectivity index (χ4n) is 2.43. The van der Waals surface area contributed by atoms with Crippen molar-refractivity contribution in [3.05, 3.63) is 51.4 Å². The van der Waals surface area contributed by atoms with E-state index in [-0.39, 0.29) is 11.7 Å². The van der Waals surface area contributed by atoms with Crippen molar-refractivity contribution in [2.45, 2.75) is 13.8 Å². The quantitative estimate of drug-likeness (QED) is 0.587. The molecule has 0 radical (unpaired) electrons. The van der Waals surface area contributed by atoms with E-state index >= 15 is 0 Å². The van der Waals surface area contributed by atoms with Crippen molar-refractivity contribution in [1.82, 2.24) is 0 Å². The number of allylic oxidation sites excluding steroid dienone is 1. The van der Waals surface area contributed by atoms with Crippen LogP contribution in [0.25, 0.3) is 0 Å². The standard InChI is InChI=1S/C16H15NO2S2/c1-10-3-4-12(11(2)9-10)17-6-5-13(18)14(15(17)19)16-20-7-8-21-16/h3-6,9H,7-8H2,1-2H3. The summed E-state index contributed by atoms with van der Waals surface area (Å²) in [4.78, 5) is 26.4. The van der Waals surface area contributed by atoms with E-state index in [2.05, 4.69) is 0 Å². The van der Waals surface area contributed by atoms with Gasteiger partial charge < -0.3 is 0 Å². The lowest BCUT2D eigenvalue weighted by Gasteiger charge is -2.25. The van der Waals surface area contributed by atoms with Crippen molar-refractivity contribution >= 4 is 40.9 Å². The number of hydrogen-bond acceptors (Lipinski definition) is 4. The zero-order valence-electron chi connectivity index (χ0n) is 11.9. The number of carbonyl (C=O) groups is 2. The minimum atomic E-state index is -0.216. The van der Waals surface area contributed by atoms with Gasteiger partial charge in [0.1, 0.15) is 5.57 Å². The van der Waals surface area contributed by atoms with E-state index in [0.29, 0.717) is 5.57 Å². The van der Waals surface area contributed by atoms with Gasteiger partial charge in [-0.2, -0.15) is 0 Å². The van der Waals surface area contributed by atoms with Crippen LogP contribution in [0.3, 0.4) is 0 Å². The van der Waals surface area contributed by atoms with E-state index in [1.165, 1.54) is 6.08 Å². The lowest BCUT2D eigenvalue weighted by molar-refractivity contribution is -0.119. The van der Waals surface area contributed by atoms with E-state index in [0.717, 1.165) is 32.6 Å². The van der Waals surface area contributed by atoms with Crippen LogP contribution in [-0.2, 0) is 9.59 Å². The summed E-state index contributed by atoms with van der Waals surface area (Å²) in [7, 11) is 0. The van der Waals surface area contributed by atoms with E-state index in [1.807, 2.05) is 32.0 Å². The SMILES string of the molecule is Cc1ccc(N2C=CC(=O)C(=C3SCCS3)C2=O)c(C)c1. The summed E-state index contributed by atoms with van der Waals surface area (Å²) in [6.45, 7) is 4.00. The van der Waals surface area contributed by atoms with Gasteiger partial charge in [-0.25, -0.2) is 0 Å². The molecule has 0 spiro atoms. The Balaban J connectivity index is 2.05. The van der Waals surface area contributed by atoms with E-state index < -0.39 is 0 Å². The number of hydrogen-bond donors (Lipinski definition) is 0. The first kappa shape index (κ1) is 14.5. The Morgan fingerprint density at radius 2 is 1.81 bits per heavy atom. The number of ketones is 1. The summed E-state index contributed by atoms with van der Waals surface area (Å²) in [5, 5.41) is 0. The van der Waals surface area contributed by atoms with Gasteiger partial charge in [-0.15, -0.1) is 23.5 Å². The van der Waals surface area contributed by atoms with Gasteiger partial charge in [0, 0.05) is 23.8 Å². The molecule has 0 atom stereocenters. The van der Waals surface area contributed by atoms with Gasteiger partial charge in [0.05, 0.1) is 9.92 Å². The van der Waals surface area contributed by atoms with Crippen LogP contribution in [0.15, 0.2) is 40.3 Å². The van der Waals surface area contributed by atoms with E-state index in [4.69, 9.17) is 0 Å². The molecule has 1 amide bonds. The van der Waals surface area contributed by atoms with Crippen LogP contribution in [0.5, 0.6) is 0 Å². The van der Waals surface area contributed by atoms with Crippen molar-refractivity contribution < 1.29 is 9.59 Å². The highest BCUT2D eigenvalue weighted by atomic mass is 32.2. The Bertz CT molecular complexity index is 684. The lowest BCUT2D eigenvalue weighted by atomic mass is 10.1. The normalized spacial score (nSPS) is 18.9. The molecular weight excluding hydrogens is 302 g/mol. The number of aryl methyl sites for hydroxylation is 2. The molecule has 0 unspecified atom stereocenters. The second kappa shape index (κ2) is 5.73. The zero-order chi connectivity index (χ0) is 15.0. The molecule has 0 N–H and O–H groups in total. The van der Waals surface area contributed by atoms with Crippen molar-refractivity contribution in [1.29, 1.82) is 0 Å². The Morgan fingerprint density at radius 1 is 1.10 bits per heavy atom. The molecule has 0 aromatic heterocycles. The van der Waals surface area contributed by atoms with Crippen molar-refractivity contribution in [2.24, 2.45) is 0 Å². The molecule has 3 rings (SSSR count). The van der Waals surface area contributed by atoms with Crippen molar-refractivity contribution in [3.8, 4) is 0 Å². The molecule has 2 aliphatic heterocycles. The predicted molar refractivity (Wildman–Crippen MR) is 89.5 cm³/mol.